The fraction of sp³-hybridized carbons (Fsp3) is 0.458. The largest absolute Gasteiger partial charge is 0.386 e. The van der Waals surface area contributed by atoms with Gasteiger partial charge in [0.05, 0.1) is 41.9 Å². The Hall–Kier alpha value is -3.77. The SMILES string of the molecule is Cn1cnc2cc(C(=O)N3CCC4(CC3)C[C@H](n3cnc5c(N)nc(N)nc53)[C@@](C)(O)CO4)ccc21. The molecule has 2 saturated heterocycles. The van der Waals surface area contributed by atoms with Crippen molar-refractivity contribution in [2.75, 3.05) is 31.2 Å². The number of carbonyl (C=O) groups is 1. The maximum Gasteiger partial charge on any atom is 0.253 e. The Kier molecular flexibility index (Phi) is 4.96. The highest BCUT2D eigenvalue weighted by Crippen LogP contribution is 2.45. The number of rotatable bonds is 2. The van der Waals surface area contributed by atoms with Crippen molar-refractivity contribution in [3.63, 3.8) is 0 Å². The fourth-order valence-corrected chi connectivity index (χ4v) is 5.53. The zero-order chi connectivity index (χ0) is 25.2. The minimum absolute atomic E-state index is 0.0139. The van der Waals surface area contributed by atoms with Crippen molar-refractivity contribution in [1.29, 1.82) is 0 Å². The number of nitrogens with zero attached hydrogens (tertiary/aromatic N) is 7. The standard InChI is InChI=1S/C24H29N9O3/c1-23(35)11-36-24(10-17(23)33-13-28-18-19(25)29-22(26)30-20(18)33)5-7-32(8-6-24)21(34)14-3-4-16-15(9-14)27-12-31(16)2/h3-4,9,12-13,17,35H,5-8,10-11H2,1-2H3,(H4,25,26,29,30)/t17-,23-/m0/s1. The van der Waals surface area contributed by atoms with E-state index in [1.165, 1.54) is 0 Å². The number of likely N-dealkylation sites (tertiary alicyclic amines) is 1. The van der Waals surface area contributed by atoms with E-state index < -0.39 is 11.2 Å². The van der Waals surface area contributed by atoms with Crippen LogP contribution in [0.15, 0.2) is 30.9 Å². The number of hydrogen-bond acceptors (Lipinski definition) is 9. The summed E-state index contributed by atoms with van der Waals surface area (Å²) in [6.07, 6.45) is 5.22. The van der Waals surface area contributed by atoms with Crippen LogP contribution in [0, 0.1) is 0 Å². The Morgan fingerprint density at radius 2 is 1.94 bits per heavy atom. The molecule has 0 saturated carbocycles. The zero-order valence-corrected chi connectivity index (χ0v) is 20.3. The van der Waals surface area contributed by atoms with Crippen molar-refractivity contribution in [3.8, 4) is 0 Å². The Balaban J connectivity index is 1.22. The van der Waals surface area contributed by atoms with Crippen molar-refractivity contribution in [2.45, 2.75) is 43.4 Å². The number of aromatic nitrogens is 6. The van der Waals surface area contributed by atoms with Crippen molar-refractivity contribution >= 4 is 39.9 Å². The van der Waals surface area contributed by atoms with E-state index in [2.05, 4.69) is 19.9 Å². The van der Waals surface area contributed by atoms with Crippen LogP contribution in [-0.2, 0) is 11.8 Å². The summed E-state index contributed by atoms with van der Waals surface area (Å²) < 4.78 is 10.0. The summed E-state index contributed by atoms with van der Waals surface area (Å²) in [6.45, 7) is 3.01. The average molecular weight is 492 g/mol. The van der Waals surface area contributed by atoms with Gasteiger partial charge >= 0.3 is 0 Å². The van der Waals surface area contributed by atoms with E-state index >= 15 is 0 Å². The molecular weight excluding hydrogens is 462 g/mol. The molecule has 36 heavy (non-hydrogen) atoms. The molecule has 0 radical (unpaired) electrons. The second-order valence-corrected chi connectivity index (χ2v) is 10.2. The molecule has 4 aromatic rings. The van der Waals surface area contributed by atoms with Crippen molar-refractivity contribution in [1.82, 2.24) is 34.0 Å². The van der Waals surface area contributed by atoms with Gasteiger partial charge < -0.3 is 35.3 Å². The summed E-state index contributed by atoms with van der Waals surface area (Å²) in [5.74, 6) is 0.243. The number of piperidine rings is 1. The molecule has 5 N–H and O–H groups in total. The molecule has 2 atom stereocenters. The first kappa shape index (κ1) is 22.7. The number of benzene rings is 1. The molecule has 2 aliphatic rings. The predicted molar refractivity (Wildman–Crippen MR) is 133 cm³/mol. The molecule has 0 unspecified atom stereocenters. The lowest BCUT2D eigenvalue weighted by atomic mass is 9.77. The van der Waals surface area contributed by atoms with E-state index in [4.69, 9.17) is 16.2 Å². The third kappa shape index (κ3) is 3.56. The predicted octanol–water partition coefficient (Wildman–Crippen LogP) is 1.26. The van der Waals surface area contributed by atoms with Crippen molar-refractivity contribution in [3.05, 3.63) is 36.4 Å². The van der Waals surface area contributed by atoms with Gasteiger partial charge in [-0.3, -0.25) is 4.79 Å². The first-order valence-corrected chi connectivity index (χ1v) is 12.0. The second kappa shape index (κ2) is 7.87. The molecule has 2 fully saturated rings. The van der Waals surface area contributed by atoms with Gasteiger partial charge in [-0.05, 0) is 38.0 Å². The first-order chi connectivity index (χ1) is 17.2. The summed E-state index contributed by atoms with van der Waals surface area (Å²) in [7, 11) is 1.93. The molecule has 6 rings (SSSR count). The van der Waals surface area contributed by atoms with E-state index in [1.807, 2.05) is 39.3 Å². The molecule has 1 amide bonds. The van der Waals surface area contributed by atoms with Gasteiger partial charge in [-0.15, -0.1) is 0 Å². The lowest BCUT2D eigenvalue weighted by Gasteiger charge is -2.51. The van der Waals surface area contributed by atoms with Gasteiger partial charge in [0.15, 0.2) is 11.5 Å². The highest BCUT2D eigenvalue weighted by atomic mass is 16.5. The lowest BCUT2D eigenvalue weighted by molar-refractivity contribution is -0.198. The number of hydrogen-bond donors (Lipinski definition) is 3. The van der Waals surface area contributed by atoms with E-state index in [0.717, 1.165) is 11.0 Å². The van der Waals surface area contributed by atoms with Gasteiger partial charge in [-0.2, -0.15) is 9.97 Å². The molecule has 0 bridgehead atoms. The molecule has 1 spiro atoms. The van der Waals surface area contributed by atoms with Crippen LogP contribution in [0.1, 0.15) is 42.6 Å². The number of aryl methyl sites for hydroxylation is 1. The van der Waals surface area contributed by atoms with Crippen LogP contribution in [0.5, 0.6) is 0 Å². The molecule has 1 aromatic carbocycles. The van der Waals surface area contributed by atoms with Crippen LogP contribution in [0.3, 0.4) is 0 Å². The maximum absolute atomic E-state index is 13.2. The molecule has 5 heterocycles. The molecule has 12 nitrogen and oxygen atoms in total. The van der Waals surface area contributed by atoms with Gasteiger partial charge in [-0.25, -0.2) is 9.97 Å². The Morgan fingerprint density at radius 3 is 2.72 bits per heavy atom. The molecule has 2 aliphatic heterocycles. The third-order valence-corrected chi connectivity index (χ3v) is 7.69. The van der Waals surface area contributed by atoms with Crippen molar-refractivity contribution < 1.29 is 14.6 Å². The summed E-state index contributed by atoms with van der Waals surface area (Å²) in [5.41, 5.74) is 13.5. The second-order valence-electron chi connectivity index (χ2n) is 10.2. The summed E-state index contributed by atoms with van der Waals surface area (Å²) in [6, 6.07) is 5.26. The monoisotopic (exact) mass is 491 g/mol. The molecule has 188 valence electrons. The van der Waals surface area contributed by atoms with E-state index in [-0.39, 0.29) is 30.3 Å². The number of aliphatic hydroxyl groups is 1. The number of carbonyl (C=O) groups excluding carboxylic acids is 1. The Labute approximate surface area is 206 Å². The van der Waals surface area contributed by atoms with Gasteiger partial charge in [-0.1, -0.05) is 0 Å². The minimum atomic E-state index is -1.15. The van der Waals surface area contributed by atoms with Gasteiger partial charge in [0.25, 0.3) is 5.91 Å². The first-order valence-electron chi connectivity index (χ1n) is 12.0. The van der Waals surface area contributed by atoms with E-state index in [9.17, 15) is 9.90 Å². The summed E-state index contributed by atoms with van der Waals surface area (Å²) >= 11 is 0. The highest BCUT2D eigenvalue weighted by Gasteiger charge is 2.50. The number of fused-ring (bicyclic) bond motifs is 2. The van der Waals surface area contributed by atoms with Crippen molar-refractivity contribution in [2.24, 2.45) is 7.05 Å². The topological polar surface area (TPSA) is 163 Å². The number of anilines is 2. The van der Waals surface area contributed by atoms with Crippen LogP contribution >= 0.6 is 0 Å². The quantitative estimate of drug-likeness (QED) is 0.374. The fourth-order valence-electron chi connectivity index (χ4n) is 5.53. The minimum Gasteiger partial charge on any atom is -0.386 e. The van der Waals surface area contributed by atoms with Gasteiger partial charge in [0, 0.05) is 32.1 Å². The number of imidazole rings is 2. The average Bonchev–Trinajstić information content (AvgIpc) is 3.44. The van der Waals surface area contributed by atoms with Crippen LogP contribution in [0.2, 0.25) is 0 Å². The smallest absolute Gasteiger partial charge is 0.253 e. The van der Waals surface area contributed by atoms with Crippen LogP contribution < -0.4 is 11.5 Å². The molecule has 12 heteroatoms. The Bertz CT molecular complexity index is 1480. The highest BCUT2D eigenvalue weighted by molar-refractivity contribution is 5.97. The number of nitrogen functional groups attached to an aromatic ring is 2. The van der Waals surface area contributed by atoms with Gasteiger partial charge in [0.2, 0.25) is 5.95 Å². The van der Waals surface area contributed by atoms with Crippen LogP contribution in [-0.4, -0.2) is 75.9 Å². The third-order valence-electron chi connectivity index (χ3n) is 7.69. The van der Waals surface area contributed by atoms with Crippen LogP contribution in [0.25, 0.3) is 22.2 Å². The molecular formula is C24H29N9O3. The summed E-state index contributed by atoms with van der Waals surface area (Å²) in [4.78, 5) is 32.2. The number of amides is 1. The molecule has 0 aliphatic carbocycles. The lowest BCUT2D eigenvalue weighted by Crippen LogP contribution is -2.57. The van der Waals surface area contributed by atoms with Gasteiger partial charge in [0.1, 0.15) is 11.1 Å². The van der Waals surface area contributed by atoms with E-state index in [0.29, 0.717) is 49.1 Å². The summed E-state index contributed by atoms with van der Waals surface area (Å²) in [5, 5.41) is 11.2. The number of ether oxygens (including phenoxy) is 1. The normalized spacial score (nSPS) is 24.1. The Morgan fingerprint density at radius 1 is 1.17 bits per heavy atom. The van der Waals surface area contributed by atoms with E-state index in [1.54, 1.807) is 19.6 Å². The number of nitrogens with two attached hydrogens (primary N) is 2. The molecule has 3 aromatic heterocycles. The van der Waals surface area contributed by atoms with Crippen LogP contribution in [0.4, 0.5) is 11.8 Å². The maximum atomic E-state index is 13.2. The zero-order valence-electron chi connectivity index (χ0n) is 20.3.